The lowest BCUT2D eigenvalue weighted by atomic mass is 10.3. The van der Waals surface area contributed by atoms with Crippen molar-refractivity contribution in [3.63, 3.8) is 0 Å². The van der Waals surface area contributed by atoms with Crippen LogP contribution in [0.15, 0.2) is 35.3 Å². The molecule has 1 aliphatic rings. The molecule has 6 nitrogen and oxygen atoms in total. The van der Waals surface area contributed by atoms with Crippen molar-refractivity contribution in [1.82, 2.24) is 10.6 Å². The van der Waals surface area contributed by atoms with Gasteiger partial charge in [0.05, 0.1) is 13.5 Å². The first-order valence-electron chi connectivity index (χ1n) is 7.57. The zero-order valence-electron chi connectivity index (χ0n) is 13.2. The molecular formula is C16H24N4O2. The molecule has 2 rings (SSSR count). The second-order valence-electron chi connectivity index (χ2n) is 5.24. The summed E-state index contributed by atoms with van der Waals surface area (Å²) in [6.45, 7) is 2.49. The summed E-state index contributed by atoms with van der Waals surface area (Å²) in [6.07, 6.45) is 1.39. The van der Waals surface area contributed by atoms with Crippen LogP contribution in [-0.4, -0.2) is 51.8 Å². The van der Waals surface area contributed by atoms with Crippen LogP contribution >= 0.6 is 0 Å². The summed E-state index contributed by atoms with van der Waals surface area (Å²) in [5.41, 5.74) is 1.25. The van der Waals surface area contributed by atoms with Gasteiger partial charge in [-0.25, -0.2) is 0 Å². The van der Waals surface area contributed by atoms with E-state index < -0.39 is 0 Å². The molecule has 0 amide bonds. The lowest BCUT2D eigenvalue weighted by molar-refractivity contribution is -0.140. The standard InChI is InChI=1S/C16H24N4O2/c1-17-16(18-10-8-15(21)22-2)19-13-9-11-20(12-13)14-6-4-3-5-7-14/h3-7,13H,8-12H2,1-2H3,(H2,17,18,19). The Hall–Kier alpha value is -2.24. The molecule has 1 saturated heterocycles. The minimum Gasteiger partial charge on any atom is -0.469 e. The number of benzene rings is 1. The lowest BCUT2D eigenvalue weighted by Crippen LogP contribution is -2.45. The zero-order chi connectivity index (χ0) is 15.8. The predicted octanol–water partition coefficient (Wildman–Crippen LogP) is 0.993. The van der Waals surface area contributed by atoms with E-state index in [4.69, 9.17) is 0 Å². The Morgan fingerprint density at radius 3 is 2.86 bits per heavy atom. The Kier molecular flexibility index (Phi) is 6.06. The van der Waals surface area contributed by atoms with Crippen molar-refractivity contribution in [3.05, 3.63) is 30.3 Å². The first-order valence-corrected chi connectivity index (χ1v) is 7.57. The second kappa shape index (κ2) is 8.26. The summed E-state index contributed by atoms with van der Waals surface area (Å²) in [6, 6.07) is 10.8. The second-order valence-corrected chi connectivity index (χ2v) is 5.24. The third-order valence-corrected chi connectivity index (χ3v) is 3.72. The Morgan fingerprint density at radius 2 is 2.18 bits per heavy atom. The van der Waals surface area contributed by atoms with E-state index in [0.29, 0.717) is 19.0 Å². The number of hydrogen-bond acceptors (Lipinski definition) is 4. The summed E-state index contributed by atoms with van der Waals surface area (Å²) in [7, 11) is 3.13. The number of rotatable bonds is 5. The van der Waals surface area contributed by atoms with Gasteiger partial charge in [0.15, 0.2) is 5.96 Å². The molecule has 1 aromatic rings. The highest BCUT2D eigenvalue weighted by Crippen LogP contribution is 2.19. The summed E-state index contributed by atoms with van der Waals surface area (Å²) in [5.74, 6) is 0.503. The fourth-order valence-corrected chi connectivity index (χ4v) is 2.52. The number of ether oxygens (including phenoxy) is 1. The third kappa shape index (κ3) is 4.65. The Morgan fingerprint density at radius 1 is 1.41 bits per heavy atom. The number of nitrogens with one attached hydrogen (secondary N) is 2. The van der Waals surface area contributed by atoms with E-state index in [2.05, 4.69) is 49.5 Å². The summed E-state index contributed by atoms with van der Waals surface area (Å²) < 4.78 is 4.62. The molecule has 2 N–H and O–H groups in total. The smallest absolute Gasteiger partial charge is 0.307 e. The number of esters is 1. The van der Waals surface area contributed by atoms with Gasteiger partial charge >= 0.3 is 5.97 Å². The monoisotopic (exact) mass is 304 g/mol. The zero-order valence-corrected chi connectivity index (χ0v) is 13.2. The quantitative estimate of drug-likeness (QED) is 0.482. The third-order valence-electron chi connectivity index (χ3n) is 3.72. The van der Waals surface area contributed by atoms with Crippen LogP contribution in [0.3, 0.4) is 0 Å². The average Bonchev–Trinajstić information content (AvgIpc) is 3.03. The highest BCUT2D eigenvalue weighted by atomic mass is 16.5. The fraction of sp³-hybridized carbons (Fsp3) is 0.500. The Bertz CT molecular complexity index is 504. The summed E-state index contributed by atoms with van der Waals surface area (Å²) >= 11 is 0. The van der Waals surface area contributed by atoms with Crippen molar-refractivity contribution in [2.24, 2.45) is 4.99 Å². The van der Waals surface area contributed by atoms with Crippen LogP contribution in [0.2, 0.25) is 0 Å². The van der Waals surface area contributed by atoms with Gasteiger partial charge < -0.3 is 20.3 Å². The molecule has 1 aliphatic heterocycles. The van der Waals surface area contributed by atoms with Gasteiger partial charge in [0.25, 0.3) is 0 Å². The molecule has 1 heterocycles. The predicted molar refractivity (Wildman–Crippen MR) is 88.2 cm³/mol. The molecule has 6 heteroatoms. The van der Waals surface area contributed by atoms with Gasteiger partial charge in [-0.05, 0) is 18.6 Å². The van der Waals surface area contributed by atoms with E-state index >= 15 is 0 Å². The highest BCUT2D eigenvalue weighted by molar-refractivity contribution is 5.80. The molecule has 0 aliphatic carbocycles. The van der Waals surface area contributed by atoms with Crippen molar-refractivity contribution in [3.8, 4) is 0 Å². The number of para-hydroxylation sites is 1. The number of anilines is 1. The first-order chi connectivity index (χ1) is 10.7. The Labute approximate surface area is 131 Å². The Balaban J connectivity index is 1.77. The van der Waals surface area contributed by atoms with Crippen LogP contribution in [0, 0.1) is 0 Å². The van der Waals surface area contributed by atoms with Gasteiger partial charge in [0.2, 0.25) is 0 Å². The van der Waals surface area contributed by atoms with E-state index in [0.717, 1.165) is 25.5 Å². The average molecular weight is 304 g/mol. The van der Waals surface area contributed by atoms with Gasteiger partial charge in [-0.2, -0.15) is 0 Å². The molecule has 1 unspecified atom stereocenters. The maximum Gasteiger partial charge on any atom is 0.307 e. The van der Waals surface area contributed by atoms with E-state index in [1.54, 1.807) is 7.05 Å². The topological polar surface area (TPSA) is 66.0 Å². The molecule has 1 atom stereocenters. The highest BCUT2D eigenvalue weighted by Gasteiger charge is 2.23. The molecule has 0 bridgehead atoms. The SMILES string of the molecule is CN=C(NCCC(=O)OC)NC1CCN(c2ccccc2)C1. The number of nitrogens with zero attached hydrogens (tertiary/aromatic N) is 2. The molecule has 0 aromatic heterocycles. The fourth-order valence-electron chi connectivity index (χ4n) is 2.52. The molecule has 1 fully saturated rings. The van der Waals surface area contributed by atoms with Gasteiger partial charge in [-0.1, -0.05) is 18.2 Å². The van der Waals surface area contributed by atoms with Crippen LogP contribution in [0.5, 0.6) is 0 Å². The van der Waals surface area contributed by atoms with Crippen molar-refractivity contribution < 1.29 is 9.53 Å². The molecule has 0 radical (unpaired) electrons. The molecule has 0 spiro atoms. The lowest BCUT2D eigenvalue weighted by Gasteiger charge is -2.20. The van der Waals surface area contributed by atoms with Crippen molar-refractivity contribution in [1.29, 1.82) is 0 Å². The van der Waals surface area contributed by atoms with Crippen LogP contribution in [-0.2, 0) is 9.53 Å². The number of aliphatic imine (C=N–C) groups is 1. The number of hydrogen-bond donors (Lipinski definition) is 2. The molecule has 1 aromatic carbocycles. The largest absolute Gasteiger partial charge is 0.469 e. The first kappa shape index (κ1) is 16.1. The molecular weight excluding hydrogens is 280 g/mol. The molecule has 22 heavy (non-hydrogen) atoms. The van der Waals surface area contributed by atoms with Crippen LogP contribution in [0.1, 0.15) is 12.8 Å². The van der Waals surface area contributed by atoms with Crippen molar-refractivity contribution in [2.75, 3.05) is 38.7 Å². The number of methoxy groups -OCH3 is 1. The van der Waals surface area contributed by atoms with Crippen molar-refractivity contribution >= 4 is 17.6 Å². The van der Waals surface area contributed by atoms with Gasteiger partial charge in [0, 0.05) is 38.4 Å². The number of guanidine groups is 1. The van der Waals surface area contributed by atoms with E-state index in [9.17, 15) is 4.79 Å². The van der Waals surface area contributed by atoms with Crippen LogP contribution < -0.4 is 15.5 Å². The van der Waals surface area contributed by atoms with Gasteiger partial charge in [-0.15, -0.1) is 0 Å². The van der Waals surface area contributed by atoms with E-state index in [1.165, 1.54) is 12.8 Å². The van der Waals surface area contributed by atoms with Crippen LogP contribution in [0.25, 0.3) is 0 Å². The molecule has 120 valence electrons. The van der Waals surface area contributed by atoms with Crippen molar-refractivity contribution in [2.45, 2.75) is 18.9 Å². The minimum atomic E-state index is -0.223. The normalized spacial score (nSPS) is 18.2. The maximum atomic E-state index is 11.1. The minimum absolute atomic E-state index is 0.223. The van der Waals surface area contributed by atoms with E-state index in [1.807, 2.05) is 6.07 Å². The van der Waals surface area contributed by atoms with Gasteiger partial charge in [0.1, 0.15) is 0 Å². The maximum absolute atomic E-state index is 11.1. The summed E-state index contributed by atoms with van der Waals surface area (Å²) in [5, 5.41) is 6.54. The van der Waals surface area contributed by atoms with Gasteiger partial charge in [-0.3, -0.25) is 9.79 Å². The number of carbonyl (C=O) groups is 1. The molecule has 0 saturated carbocycles. The number of carbonyl (C=O) groups excluding carboxylic acids is 1. The van der Waals surface area contributed by atoms with E-state index in [-0.39, 0.29) is 5.97 Å². The van der Waals surface area contributed by atoms with Crippen LogP contribution in [0.4, 0.5) is 5.69 Å². The summed E-state index contributed by atoms with van der Waals surface area (Å²) in [4.78, 5) is 17.7.